The summed E-state index contributed by atoms with van der Waals surface area (Å²) < 4.78 is 17.6. The van der Waals surface area contributed by atoms with Crippen molar-refractivity contribution in [2.45, 2.75) is 5.92 Å². The number of pyridine rings is 2. The molecule has 3 aromatic rings. The fraction of sp³-hybridized carbons (Fsp3) is 0.286. The monoisotopic (exact) mass is 380 g/mol. The zero-order chi connectivity index (χ0) is 19.8. The highest BCUT2D eigenvalue weighted by Crippen LogP contribution is 2.37. The maximum atomic E-state index is 12.6. The fourth-order valence-electron chi connectivity index (χ4n) is 3.45. The second kappa shape index (κ2) is 7.09. The Labute approximate surface area is 161 Å². The summed E-state index contributed by atoms with van der Waals surface area (Å²) in [5, 5.41) is 1.32. The van der Waals surface area contributed by atoms with Crippen molar-refractivity contribution in [3.05, 3.63) is 52.2 Å². The highest BCUT2D eigenvalue weighted by atomic mass is 16.5. The predicted octanol–water partition coefficient (Wildman–Crippen LogP) is 2.54. The van der Waals surface area contributed by atoms with Gasteiger partial charge in [-0.15, -0.1) is 0 Å². The number of benzene rings is 1. The molecule has 2 aromatic heterocycles. The maximum absolute atomic E-state index is 12.6. The molecule has 7 heteroatoms. The van der Waals surface area contributed by atoms with Gasteiger partial charge in [0.25, 0.3) is 5.56 Å². The first-order chi connectivity index (χ1) is 13.6. The lowest BCUT2D eigenvalue weighted by molar-refractivity contribution is 0.00678. The van der Waals surface area contributed by atoms with Crippen molar-refractivity contribution < 1.29 is 19.0 Å². The Morgan fingerprint density at radius 2 is 1.82 bits per heavy atom. The third-order valence-corrected chi connectivity index (χ3v) is 5.12. The van der Waals surface area contributed by atoms with Crippen LogP contribution in [0.1, 0.15) is 22.0 Å². The zero-order valence-corrected chi connectivity index (χ0v) is 15.9. The Bertz CT molecular complexity index is 1110. The van der Waals surface area contributed by atoms with Gasteiger partial charge in [-0.05, 0) is 29.1 Å². The molecule has 0 saturated carbocycles. The van der Waals surface area contributed by atoms with Crippen LogP contribution >= 0.6 is 0 Å². The molecule has 0 amide bonds. The average molecular weight is 380 g/mol. The Hall–Kier alpha value is -3.19. The maximum Gasteiger partial charge on any atom is 0.259 e. The van der Waals surface area contributed by atoms with E-state index >= 15 is 0 Å². The summed E-state index contributed by atoms with van der Waals surface area (Å²) >= 11 is 0. The number of hydrogen-bond donors (Lipinski definition) is 0. The van der Waals surface area contributed by atoms with Gasteiger partial charge in [0.2, 0.25) is 0 Å². The van der Waals surface area contributed by atoms with Crippen LogP contribution in [-0.4, -0.2) is 43.3 Å². The van der Waals surface area contributed by atoms with E-state index in [1.165, 1.54) is 18.8 Å². The predicted molar refractivity (Wildman–Crippen MR) is 104 cm³/mol. The van der Waals surface area contributed by atoms with Crippen LogP contribution in [0, 0.1) is 0 Å². The van der Waals surface area contributed by atoms with E-state index in [1.54, 1.807) is 31.6 Å². The van der Waals surface area contributed by atoms with Crippen LogP contribution in [0.15, 0.2) is 35.4 Å². The molecule has 7 nitrogen and oxygen atoms in total. The summed E-state index contributed by atoms with van der Waals surface area (Å²) in [6, 6.07) is 5.50. The minimum absolute atomic E-state index is 0.119. The lowest BCUT2D eigenvalue weighted by atomic mass is 9.96. The number of nitrogens with zero attached hydrogens (tertiary/aromatic N) is 2. The number of aryl methyl sites for hydroxylation is 1. The van der Waals surface area contributed by atoms with E-state index in [0.717, 1.165) is 22.2 Å². The first-order valence-electron chi connectivity index (χ1n) is 8.86. The molecule has 4 rings (SSSR count). The van der Waals surface area contributed by atoms with E-state index < -0.39 is 0 Å². The number of fused-ring (bicyclic) bond motifs is 1. The van der Waals surface area contributed by atoms with E-state index in [9.17, 15) is 9.59 Å². The summed E-state index contributed by atoms with van der Waals surface area (Å²) in [5.74, 6) is 1.06. The molecule has 0 atom stereocenters. The summed E-state index contributed by atoms with van der Waals surface area (Å²) in [4.78, 5) is 28.6. The molecule has 1 aliphatic heterocycles. The Kier molecular flexibility index (Phi) is 4.60. The number of aldehydes is 1. The molecule has 28 heavy (non-hydrogen) atoms. The molecule has 0 spiro atoms. The van der Waals surface area contributed by atoms with Crippen LogP contribution in [0.5, 0.6) is 11.5 Å². The largest absolute Gasteiger partial charge is 0.496 e. The quantitative estimate of drug-likeness (QED) is 0.633. The molecule has 0 bridgehead atoms. The second-order valence-corrected chi connectivity index (χ2v) is 6.76. The molecule has 144 valence electrons. The number of aromatic nitrogens is 2. The SMILES string of the molecule is COc1cc(-c2cn(C)c(=O)c3cnc(C4COC4)cc23)cc(OC)c1C=O. The van der Waals surface area contributed by atoms with Gasteiger partial charge in [-0.2, -0.15) is 0 Å². The molecule has 0 N–H and O–H groups in total. The molecule has 0 aliphatic carbocycles. The van der Waals surface area contributed by atoms with Crippen LogP contribution < -0.4 is 15.0 Å². The van der Waals surface area contributed by atoms with Crippen LogP contribution in [0.4, 0.5) is 0 Å². The van der Waals surface area contributed by atoms with Gasteiger partial charge in [0.1, 0.15) is 11.5 Å². The third-order valence-electron chi connectivity index (χ3n) is 5.12. The first-order valence-corrected chi connectivity index (χ1v) is 8.86. The third kappa shape index (κ3) is 2.84. The highest BCUT2D eigenvalue weighted by Gasteiger charge is 2.23. The number of carbonyl (C=O) groups excluding carboxylic acids is 1. The minimum Gasteiger partial charge on any atom is -0.496 e. The topological polar surface area (TPSA) is 79.7 Å². The normalized spacial score (nSPS) is 14.0. The van der Waals surface area contributed by atoms with Gasteiger partial charge >= 0.3 is 0 Å². The van der Waals surface area contributed by atoms with Gasteiger partial charge in [-0.1, -0.05) is 0 Å². The standard InChI is InChI=1S/C21H20N2O5/c1-23-8-16(12-4-19(26-2)17(9-24)20(5-12)27-3)14-6-18(13-10-28-11-13)22-7-15(14)21(23)25/h4-9,13H,10-11H2,1-3H3. The van der Waals surface area contributed by atoms with Crippen molar-refractivity contribution in [2.24, 2.45) is 7.05 Å². The lowest BCUT2D eigenvalue weighted by Crippen LogP contribution is -2.26. The molecular formula is C21H20N2O5. The van der Waals surface area contributed by atoms with E-state index in [-0.39, 0.29) is 11.5 Å². The van der Waals surface area contributed by atoms with Gasteiger partial charge in [0.15, 0.2) is 6.29 Å². The van der Waals surface area contributed by atoms with Gasteiger partial charge in [0, 0.05) is 36.6 Å². The number of ether oxygens (including phenoxy) is 3. The van der Waals surface area contributed by atoms with E-state index in [4.69, 9.17) is 14.2 Å². The Morgan fingerprint density at radius 3 is 2.36 bits per heavy atom. The fourth-order valence-corrected chi connectivity index (χ4v) is 3.45. The Morgan fingerprint density at radius 1 is 1.14 bits per heavy atom. The van der Waals surface area contributed by atoms with Crippen LogP contribution in [0.2, 0.25) is 0 Å². The van der Waals surface area contributed by atoms with Gasteiger partial charge < -0.3 is 18.8 Å². The molecule has 0 unspecified atom stereocenters. The molecule has 1 aromatic carbocycles. The van der Waals surface area contributed by atoms with Crippen molar-refractivity contribution >= 4 is 17.1 Å². The number of hydrogen-bond acceptors (Lipinski definition) is 6. The number of rotatable bonds is 5. The minimum atomic E-state index is -0.119. The summed E-state index contributed by atoms with van der Waals surface area (Å²) in [5.41, 5.74) is 2.73. The Balaban J connectivity index is 2.01. The van der Waals surface area contributed by atoms with E-state index in [2.05, 4.69) is 4.98 Å². The van der Waals surface area contributed by atoms with Crippen molar-refractivity contribution in [3.63, 3.8) is 0 Å². The van der Waals surface area contributed by atoms with Crippen molar-refractivity contribution in [1.29, 1.82) is 0 Å². The van der Waals surface area contributed by atoms with Crippen molar-refractivity contribution in [2.75, 3.05) is 27.4 Å². The summed E-state index contributed by atoms with van der Waals surface area (Å²) in [6.07, 6.45) is 4.11. The highest BCUT2D eigenvalue weighted by molar-refractivity contribution is 5.97. The van der Waals surface area contributed by atoms with Crippen LogP contribution in [0.25, 0.3) is 21.9 Å². The summed E-state index contributed by atoms with van der Waals surface area (Å²) in [6.45, 7) is 1.27. The lowest BCUT2D eigenvalue weighted by Gasteiger charge is -2.25. The smallest absolute Gasteiger partial charge is 0.259 e. The summed E-state index contributed by atoms with van der Waals surface area (Å²) in [7, 11) is 4.71. The molecule has 3 heterocycles. The van der Waals surface area contributed by atoms with Crippen LogP contribution in [0.3, 0.4) is 0 Å². The zero-order valence-electron chi connectivity index (χ0n) is 15.9. The van der Waals surface area contributed by atoms with Gasteiger partial charge in [0.05, 0.1) is 38.4 Å². The van der Waals surface area contributed by atoms with Gasteiger partial charge in [-0.25, -0.2) is 0 Å². The second-order valence-electron chi connectivity index (χ2n) is 6.76. The molecule has 1 aliphatic rings. The van der Waals surface area contributed by atoms with Crippen LogP contribution in [-0.2, 0) is 11.8 Å². The molecule has 0 radical (unpaired) electrons. The van der Waals surface area contributed by atoms with E-state index in [0.29, 0.717) is 41.9 Å². The van der Waals surface area contributed by atoms with Crippen molar-refractivity contribution in [1.82, 2.24) is 9.55 Å². The van der Waals surface area contributed by atoms with Gasteiger partial charge in [-0.3, -0.25) is 14.6 Å². The first kappa shape index (κ1) is 18.2. The average Bonchev–Trinajstić information content (AvgIpc) is 2.68. The van der Waals surface area contributed by atoms with Crippen molar-refractivity contribution in [3.8, 4) is 22.6 Å². The molecule has 1 saturated heterocycles. The number of carbonyl (C=O) groups is 1. The molecule has 1 fully saturated rings. The number of methoxy groups -OCH3 is 2. The van der Waals surface area contributed by atoms with E-state index in [1.807, 2.05) is 6.07 Å². The molecular weight excluding hydrogens is 360 g/mol.